The zero-order valence-corrected chi connectivity index (χ0v) is 8.20. The molecule has 0 unspecified atom stereocenters. The lowest BCUT2D eigenvalue weighted by Gasteiger charge is -2.26. The summed E-state index contributed by atoms with van der Waals surface area (Å²) in [7, 11) is 0. The molecule has 1 N–H and O–H groups in total. The fourth-order valence-corrected chi connectivity index (χ4v) is 1.67. The van der Waals surface area contributed by atoms with Gasteiger partial charge in [-0.25, -0.2) is 0 Å². The molecule has 74 valence electrons. The molecule has 1 aliphatic carbocycles. The fraction of sp³-hybridized carbons (Fsp3) is 0.417. The molecule has 0 saturated heterocycles. The van der Waals surface area contributed by atoms with Crippen molar-refractivity contribution in [3.8, 4) is 0 Å². The molecule has 2 heteroatoms. The molecular formula is C12H15NO. The normalized spacial score (nSPS) is 20.6. The van der Waals surface area contributed by atoms with Crippen LogP contribution in [0, 0.1) is 11.3 Å². The van der Waals surface area contributed by atoms with E-state index in [-0.39, 0.29) is 0 Å². The van der Waals surface area contributed by atoms with Gasteiger partial charge in [0.05, 0.1) is 13.2 Å². The number of hydrogen-bond donors (Lipinski definition) is 1. The van der Waals surface area contributed by atoms with E-state index < -0.39 is 0 Å². The van der Waals surface area contributed by atoms with Gasteiger partial charge in [0.25, 0.3) is 0 Å². The smallest absolute Gasteiger partial charge is 0.0717 e. The zero-order valence-electron chi connectivity index (χ0n) is 8.20. The van der Waals surface area contributed by atoms with Gasteiger partial charge in [-0.15, -0.1) is 0 Å². The van der Waals surface area contributed by atoms with Crippen molar-refractivity contribution >= 4 is 5.71 Å². The summed E-state index contributed by atoms with van der Waals surface area (Å²) in [5, 5.41) is 7.30. The van der Waals surface area contributed by atoms with Crippen molar-refractivity contribution in [1.82, 2.24) is 0 Å². The van der Waals surface area contributed by atoms with Crippen LogP contribution in [0.15, 0.2) is 30.3 Å². The van der Waals surface area contributed by atoms with Crippen LogP contribution in [0.25, 0.3) is 0 Å². The molecule has 0 heterocycles. The number of ether oxygens (including phenoxy) is 1. The minimum Gasteiger partial charge on any atom is -0.376 e. The van der Waals surface area contributed by atoms with Crippen molar-refractivity contribution in [1.29, 1.82) is 5.41 Å². The Kier molecular flexibility index (Phi) is 2.94. The highest BCUT2D eigenvalue weighted by atomic mass is 16.5. The first-order chi connectivity index (χ1) is 6.84. The van der Waals surface area contributed by atoms with Gasteiger partial charge in [-0.05, 0) is 24.3 Å². The van der Waals surface area contributed by atoms with Crippen LogP contribution in [0.4, 0.5) is 0 Å². The summed E-state index contributed by atoms with van der Waals surface area (Å²) in [6.07, 6.45) is 1.88. The summed E-state index contributed by atoms with van der Waals surface area (Å²) in [6.45, 7) is 1.50. The van der Waals surface area contributed by atoms with E-state index >= 15 is 0 Å². The van der Waals surface area contributed by atoms with E-state index in [9.17, 15) is 0 Å². The SMILES string of the molecule is N=C1CC(COCc2ccccc2)C1. The monoisotopic (exact) mass is 189 g/mol. The van der Waals surface area contributed by atoms with Crippen molar-refractivity contribution in [3.05, 3.63) is 35.9 Å². The zero-order chi connectivity index (χ0) is 9.80. The molecule has 0 atom stereocenters. The van der Waals surface area contributed by atoms with Gasteiger partial charge in [0, 0.05) is 5.71 Å². The van der Waals surface area contributed by atoms with Gasteiger partial charge in [-0.1, -0.05) is 30.3 Å². The van der Waals surface area contributed by atoms with Crippen LogP contribution >= 0.6 is 0 Å². The van der Waals surface area contributed by atoms with Gasteiger partial charge < -0.3 is 10.1 Å². The number of hydrogen-bond acceptors (Lipinski definition) is 2. The molecular weight excluding hydrogens is 174 g/mol. The molecule has 0 amide bonds. The molecule has 14 heavy (non-hydrogen) atoms. The maximum atomic E-state index is 7.30. The van der Waals surface area contributed by atoms with Crippen molar-refractivity contribution in [2.24, 2.45) is 5.92 Å². The predicted molar refractivity (Wildman–Crippen MR) is 56.5 cm³/mol. The van der Waals surface area contributed by atoms with E-state index in [1.165, 1.54) is 5.56 Å². The topological polar surface area (TPSA) is 33.1 Å². The molecule has 0 aliphatic heterocycles. The van der Waals surface area contributed by atoms with Crippen LogP contribution in [0.5, 0.6) is 0 Å². The van der Waals surface area contributed by atoms with Crippen LogP contribution < -0.4 is 0 Å². The summed E-state index contributed by atoms with van der Waals surface area (Å²) in [4.78, 5) is 0. The maximum Gasteiger partial charge on any atom is 0.0717 e. The molecule has 2 nitrogen and oxygen atoms in total. The number of benzene rings is 1. The van der Waals surface area contributed by atoms with Gasteiger partial charge >= 0.3 is 0 Å². The van der Waals surface area contributed by atoms with Crippen molar-refractivity contribution < 1.29 is 4.74 Å². The van der Waals surface area contributed by atoms with Crippen LogP contribution in [0.1, 0.15) is 18.4 Å². The first-order valence-electron chi connectivity index (χ1n) is 5.02. The number of rotatable bonds is 4. The Hall–Kier alpha value is -1.15. The maximum absolute atomic E-state index is 7.30. The minimum atomic E-state index is 0.603. The van der Waals surface area contributed by atoms with Crippen LogP contribution in [0.3, 0.4) is 0 Å². The minimum absolute atomic E-state index is 0.603. The molecule has 0 bridgehead atoms. The van der Waals surface area contributed by atoms with Crippen LogP contribution in [0.2, 0.25) is 0 Å². The molecule has 1 saturated carbocycles. The Morgan fingerprint density at radius 3 is 2.57 bits per heavy atom. The van der Waals surface area contributed by atoms with E-state index in [4.69, 9.17) is 10.1 Å². The van der Waals surface area contributed by atoms with Crippen molar-refractivity contribution in [2.45, 2.75) is 19.4 Å². The second kappa shape index (κ2) is 4.38. The molecule has 1 aromatic rings. The van der Waals surface area contributed by atoms with Gasteiger partial charge in [0.2, 0.25) is 0 Å². The number of nitrogens with one attached hydrogen (secondary N) is 1. The Labute approximate surface area is 84.4 Å². The van der Waals surface area contributed by atoms with Crippen molar-refractivity contribution in [3.63, 3.8) is 0 Å². The van der Waals surface area contributed by atoms with Gasteiger partial charge in [-0.2, -0.15) is 0 Å². The van der Waals surface area contributed by atoms with E-state index in [2.05, 4.69) is 12.1 Å². The third kappa shape index (κ3) is 2.42. The Bertz CT molecular complexity index is 299. The third-order valence-electron chi connectivity index (χ3n) is 2.54. The highest BCUT2D eigenvalue weighted by molar-refractivity contribution is 5.87. The first-order valence-corrected chi connectivity index (χ1v) is 5.02. The highest BCUT2D eigenvalue weighted by Crippen LogP contribution is 2.23. The molecule has 0 aromatic heterocycles. The molecule has 1 fully saturated rings. The van der Waals surface area contributed by atoms with Gasteiger partial charge in [0.1, 0.15) is 0 Å². The average Bonchev–Trinajstić information content (AvgIpc) is 2.17. The Morgan fingerprint density at radius 2 is 1.93 bits per heavy atom. The fourth-order valence-electron chi connectivity index (χ4n) is 1.67. The summed E-state index contributed by atoms with van der Waals surface area (Å²) < 4.78 is 5.58. The third-order valence-corrected chi connectivity index (χ3v) is 2.54. The Balaban J connectivity index is 1.66. The highest BCUT2D eigenvalue weighted by Gasteiger charge is 2.22. The standard InChI is InChI=1S/C12H15NO/c13-12-6-11(7-12)9-14-8-10-4-2-1-3-5-10/h1-5,11,13H,6-9H2. The van der Waals surface area contributed by atoms with E-state index in [0.29, 0.717) is 12.5 Å². The van der Waals surface area contributed by atoms with E-state index in [0.717, 1.165) is 25.2 Å². The van der Waals surface area contributed by atoms with E-state index in [1.54, 1.807) is 0 Å². The molecule has 0 radical (unpaired) electrons. The molecule has 0 spiro atoms. The second-order valence-electron chi connectivity index (χ2n) is 3.88. The molecule has 2 rings (SSSR count). The van der Waals surface area contributed by atoms with E-state index in [1.807, 2.05) is 18.2 Å². The summed E-state index contributed by atoms with van der Waals surface area (Å²) in [5.74, 6) is 0.603. The second-order valence-corrected chi connectivity index (χ2v) is 3.88. The largest absolute Gasteiger partial charge is 0.376 e. The quantitative estimate of drug-likeness (QED) is 0.776. The summed E-state index contributed by atoms with van der Waals surface area (Å²) >= 11 is 0. The lowest BCUT2D eigenvalue weighted by molar-refractivity contribution is 0.0835. The summed E-state index contributed by atoms with van der Waals surface area (Å²) in [6, 6.07) is 10.2. The van der Waals surface area contributed by atoms with Crippen molar-refractivity contribution in [2.75, 3.05) is 6.61 Å². The van der Waals surface area contributed by atoms with Crippen LogP contribution in [-0.4, -0.2) is 12.3 Å². The average molecular weight is 189 g/mol. The lowest BCUT2D eigenvalue weighted by Crippen LogP contribution is -2.26. The molecule has 1 aliphatic rings. The van der Waals surface area contributed by atoms with Gasteiger partial charge in [-0.3, -0.25) is 0 Å². The predicted octanol–water partition coefficient (Wildman–Crippen LogP) is 2.63. The first kappa shape index (κ1) is 9.41. The van der Waals surface area contributed by atoms with Gasteiger partial charge in [0.15, 0.2) is 0 Å². The lowest BCUT2D eigenvalue weighted by atomic mass is 9.84. The Morgan fingerprint density at radius 1 is 1.21 bits per heavy atom. The molecule has 1 aromatic carbocycles. The van der Waals surface area contributed by atoms with Crippen LogP contribution in [-0.2, 0) is 11.3 Å². The summed E-state index contributed by atoms with van der Waals surface area (Å²) in [5.41, 5.74) is 2.10.